The first-order chi connectivity index (χ1) is 8.39. The number of nitrogens with one attached hydrogen (secondary N) is 1. The molecular formula is C13H15BrN2OS. The van der Waals surface area contributed by atoms with Gasteiger partial charge in [-0.05, 0) is 34.8 Å². The van der Waals surface area contributed by atoms with Crippen molar-refractivity contribution < 1.29 is 4.79 Å². The first kappa shape index (κ1) is 13.6. The molecular weight excluding hydrogens is 312 g/mol. The second-order valence-corrected chi connectivity index (χ2v) is 7.22. The van der Waals surface area contributed by atoms with Gasteiger partial charge in [-0.3, -0.25) is 4.79 Å². The quantitative estimate of drug-likeness (QED) is 0.923. The summed E-state index contributed by atoms with van der Waals surface area (Å²) in [7, 11) is 0. The molecule has 0 bridgehead atoms. The Labute approximate surface area is 119 Å². The van der Waals surface area contributed by atoms with Gasteiger partial charge in [-0.2, -0.15) is 5.26 Å². The van der Waals surface area contributed by atoms with Crippen LogP contribution in [-0.4, -0.2) is 12.5 Å². The predicted molar refractivity (Wildman–Crippen MR) is 75.3 cm³/mol. The molecule has 0 radical (unpaired) electrons. The van der Waals surface area contributed by atoms with Crippen LogP contribution >= 0.6 is 27.3 Å². The standard InChI is InChI=1S/C13H15BrN2OS/c1-12(2,10-5-9(14)6-18-10)8-16-11(17)13(7-15)3-4-13/h5-6H,3-4,8H2,1-2H3,(H,16,17). The van der Waals surface area contributed by atoms with Crippen molar-refractivity contribution in [3.05, 3.63) is 20.8 Å². The van der Waals surface area contributed by atoms with E-state index in [2.05, 4.69) is 47.2 Å². The summed E-state index contributed by atoms with van der Waals surface area (Å²) >= 11 is 5.11. The topological polar surface area (TPSA) is 52.9 Å². The number of hydrogen-bond acceptors (Lipinski definition) is 3. The number of thiophene rings is 1. The second kappa shape index (κ2) is 4.67. The van der Waals surface area contributed by atoms with Gasteiger partial charge in [-0.15, -0.1) is 11.3 Å². The van der Waals surface area contributed by atoms with Crippen LogP contribution in [0.15, 0.2) is 15.9 Å². The van der Waals surface area contributed by atoms with E-state index in [0.29, 0.717) is 19.4 Å². The highest BCUT2D eigenvalue weighted by molar-refractivity contribution is 9.10. The molecule has 0 aromatic carbocycles. The number of nitrogens with zero attached hydrogens (tertiary/aromatic N) is 1. The zero-order valence-corrected chi connectivity index (χ0v) is 12.8. The third kappa shape index (κ3) is 2.60. The molecule has 0 aliphatic heterocycles. The maximum Gasteiger partial charge on any atom is 0.240 e. The van der Waals surface area contributed by atoms with Crippen molar-refractivity contribution in [1.82, 2.24) is 5.32 Å². The molecule has 1 aromatic rings. The Morgan fingerprint density at radius 2 is 2.33 bits per heavy atom. The summed E-state index contributed by atoms with van der Waals surface area (Å²) in [6.45, 7) is 4.75. The van der Waals surface area contributed by atoms with Crippen LogP contribution in [0.2, 0.25) is 0 Å². The molecule has 3 nitrogen and oxygen atoms in total. The molecule has 0 saturated heterocycles. The van der Waals surface area contributed by atoms with Crippen LogP contribution in [0.4, 0.5) is 0 Å². The fraction of sp³-hybridized carbons (Fsp3) is 0.538. The van der Waals surface area contributed by atoms with E-state index in [1.54, 1.807) is 11.3 Å². The summed E-state index contributed by atoms with van der Waals surface area (Å²) in [5, 5.41) is 13.9. The summed E-state index contributed by atoms with van der Waals surface area (Å²) in [5.74, 6) is -0.117. The normalized spacial score (nSPS) is 17.0. The summed E-state index contributed by atoms with van der Waals surface area (Å²) in [5.41, 5.74) is -0.843. The number of amides is 1. The van der Waals surface area contributed by atoms with Crippen molar-refractivity contribution in [2.75, 3.05) is 6.54 Å². The number of nitriles is 1. The highest BCUT2D eigenvalue weighted by Crippen LogP contribution is 2.45. The molecule has 5 heteroatoms. The van der Waals surface area contributed by atoms with Gasteiger partial charge in [0, 0.05) is 26.7 Å². The van der Waals surface area contributed by atoms with Gasteiger partial charge in [-0.1, -0.05) is 13.8 Å². The van der Waals surface area contributed by atoms with Crippen LogP contribution in [0, 0.1) is 16.7 Å². The van der Waals surface area contributed by atoms with Gasteiger partial charge < -0.3 is 5.32 Å². The molecule has 0 spiro atoms. The van der Waals surface area contributed by atoms with E-state index in [9.17, 15) is 4.79 Å². The Morgan fingerprint density at radius 1 is 1.67 bits per heavy atom. The van der Waals surface area contributed by atoms with Crippen molar-refractivity contribution in [2.45, 2.75) is 32.1 Å². The molecule has 1 heterocycles. The lowest BCUT2D eigenvalue weighted by molar-refractivity contribution is -0.124. The number of carbonyl (C=O) groups is 1. The van der Waals surface area contributed by atoms with Crippen molar-refractivity contribution >= 4 is 33.2 Å². The van der Waals surface area contributed by atoms with Gasteiger partial charge in [0.25, 0.3) is 0 Å². The Bertz CT molecular complexity index is 511. The van der Waals surface area contributed by atoms with Gasteiger partial charge in [0.15, 0.2) is 0 Å². The zero-order valence-electron chi connectivity index (χ0n) is 10.4. The highest BCUT2D eigenvalue weighted by atomic mass is 79.9. The Balaban J connectivity index is 1.98. The maximum atomic E-state index is 11.9. The van der Waals surface area contributed by atoms with Gasteiger partial charge in [0.05, 0.1) is 6.07 Å². The van der Waals surface area contributed by atoms with E-state index in [0.717, 1.165) is 4.47 Å². The third-order valence-corrected chi connectivity index (χ3v) is 5.38. The lowest BCUT2D eigenvalue weighted by atomic mass is 9.91. The molecule has 1 saturated carbocycles. The molecule has 96 valence electrons. The Hall–Kier alpha value is -0.860. The zero-order chi connectivity index (χ0) is 13.4. The summed E-state index contributed by atoms with van der Waals surface area (Å²) < 4.78 is 1.07. The van der Waals surface area contributed by atoms with Crippen molar-refractivity contribution in [3.8, 4) is 6.07 Å². The summed E-state index contributed by atoms with van der Waals surface area (Å²) in [6, 6.07) is 4.19. The number of carbonyl (C=O) groups excluding carboxylic acids is 1. The molecule has 18 heavy (non-hydrogen) atoms. The van der Waals surface area contributed by atoms with Crippen LogP contribution in [0.3, 0.4) is 0 Å². The van der Waals surface area contributed by atoms with Crippen molar-refractivity contribution in [1.29, 1.82) is 5.26 Å². The van der Waals surface area contributed by atoms with Crippen LogP contribution in [0.25, 0.3) is 0 Å². The van der Waals surface area contributed by atoms with E-state index >= 15 is 0 Å². The number of hydrogen-bond donors (Lipinski definition) is 1. The molecule has 1 N–H and O–H groups in total. The molecule has 1 aliphatic carbocycles. The molecule has 1 amide bonds. The maximum absolute atomic E-state index is 11.9. The van der Waals surface area contributed by atoms with Gasteiger partial charge in [0.2, 0.25) is 5.91 Å². The van der Waals surface area contributed by atoms with Crippen LogP contribution in [0.5, 0.6) is 0 Å². The van der Waals surface area contributed by atoms with Gasteiger partial charge in [0.1, 0.15) is 5.41 Å². The van der Waals surface area contributed by atoms with Gasteiger partial charge >= 0.3 is 0 Å². The number of rotatable bonds is 4. The third-order valence-electron chi connectivity index (χ3n) is 3.32. The molecule has 2 rings (SSSR count). The minimum atomic E-state index is -0.730. The molecule has 1 aromatic heterocycles. The number of halogens is 1. The van der Waals surface area contributed by atoms with E-state index < -0.39 is 5.41 Å². The summed E-state index contributed by atoms with van der Waals surface area (Å²) in [4.78, 5) is 13.1. The van der Waals surface area contributed by atoms with Gasteiger partial charge in [-0.25, -0.2) is 0 Å². The monoisotopic (exact) mass is 326 g/mol. The van der Waals surface area contributed by atoms with E-state index in [1.165, 1.54) is 4.88 Å². The SMILES string of the molecule is CC(C)(CNC(=O)C1(C#N)CC1)c1cc(Br)cs1. The largest absolute Gasteiger partial charge is 0.354 e. The molecule has 0 unspecified atom stereocenters. The average molecular weight is 327 g/mol. The van der Waals surface area contributed by atoms with Crippen molar-refractivity contribution in [2.24, 2.45) is 5.41 Å². The Kier molecular flexibility index (Phi) is 3.52. The fourth-order valence-electron chi connectivity index (χ4n) is 1.74. The lowest BCUT2D eigenvalue weighted by Crippen LogP contribution is -2.39. The van der Waals surface area contributed by atoms with E-state index in [4.69, 9.17) is 5.26 Å². The smallest absolute Gasteiger partial charge is 0.240 e. The van der Waals surface area contributed by atoms with Crippen LogP contribution in [-0.2, 0) is 10.2 Å². The predicted octanol–water partition coefficient (Wildman–Crippen LogP) is 3.21. The van der Waals surface area contributed by atoms with Crippen molar-refractivity contribution in [3.63, 3.8) is 0 Å². The van der Waals surface area contributed by atoms with Crippen LogP contribution < -0.4 is 5.32 Å². The highest BCUT2D eigenvalue weighted by Gasteiger charge is 2.50. The fourth-order valence-corrected chi connectivity index (χ4v) is 3.29. The minimum Gasteiger partial charge on any atom is -0.354 e. The molecule has 1 fully saturated rings. The Morgan fingerprint density at radius 3 is 2.78 bits per heavy atom. The average Bonchev–Trinajstić information content (AvgIpc) is 3.02. The second-order valence-electron chi connectivity index (χ2n) is 5.39. The first-order valence-electron chi connectivity index (χ1n) is 5.84. The molecule has 1 aliphatic rings. The molecule has 0 atom stereocenters. The summed E-state index contributed by atoms with van der Waals surface area (Å²) in [6.07, 6.45) is 1.39. The lowest BCUT2D eigenvalue weighted by Gasteiger charge is -2.24. The minimum absolute atomic E-state index is 0.113. The first-order valence-corrected chi connectivity index (χ1v) is 7.51. The van der Waals surface area contributed by atoms with Crippen LogP contribution in [0.1, 0.15) is 31.6 Å². The van der Waals surface area contributed by atoms with E-state index in [1.807, 2.05) is 5.38 Å². The van der Waals surface area contributed by atoms with E-state index in [-0.39, 0.29) is 11.3 Å².